The van der Waals surface area contributed by atoms with Gasteiger partial charge in [0.1, 0.15) is 0 Å². The summed E-state index contributed by atoms with van der Waals surface area (Å²) in [7, 11) is 1.41. The van der Waals surface area contributed by atoms with Crippen LogP contribution >= 0.6 is 23.7 Å². The molecule has 22 heavy (non-hydrogen) atoms. The summed E-state index contributed by atoms with van der Waals surface area (Å²) >= 11 is 1.45. The molecule has 1 fully saturated rings. The number of morpholine rings is 1. The van der Waals surface area contributed by atoms with E-state index in [4.69, 9.17) is 15.2 Å². The molecule has 0 atom stereocenters. The van der Waals surface area contributed by atoms with Gasteiger partial charge in [0.2, 0.25) is 0 Å². The van der Waals surface area contributed by atoms with E-state index in [2.05, 4.69) is 14.8 Å². The van der Waals surface area contributed by atoms with Crippen molar-refractivity contribution in [3.8, 4) is 0 Å². The third-order valence-corrected chi connectivity index (χ3v) is 4.18. The molecule has 1 aromatic heterocycles. The van der Waals surface area contributed by atoms with E-state index >= 15 is 0 Å². The third-order valence-electron chi connectivity index (χ3n) is 3.37. The smallest absolute Gasteiger partial charge is 0.319 e. The average Bonchev–Trinajstić information content (AvgIpc) is 2.91. The first-order valence-corrected chi connectivity index (χ1v) is 7.78. The minimum absolute atomic E-state index is 0. The summed E-state index contributed by atoms with van der Waals surface area (Å²) < 4.78 is 10.1. The Morgan fingerprint density at radius 2 is 2.27 bits per heavy atom. The van der Waals surface area contributed by atoms with Gasteiger partial charge in [-0.15, -0.1) is 23.7 Å². The molecular formula is C13H23ClN4O3S. The van der Waals surface area contributed by atoms with Gasteiger partial charge in [-0.2, -0.15) is 0 Å². The highest BCUT2D eigenvalue weighted by Gasteiger charge is 2.16. The summed E-state index contributed by atoms with van der Waals surface area (Å²) in [6.45, 7) is 6.10. The molecule has 0 saturated carbocycles. The Morgan fingerprint density at radius 3 is 2.86 bits per heavy atom. The standard InChI is InChI=1S/C13H22N4O3S.ClH/c1-19-12(18)10-17(9-11-8-15-13(14)21-11)3-2-16-4-6-20-7-5-16;/h8H,2-7,9-10H2,1H3,(H2,14,15);1H. The first-order valence-electron chi connectivity index (χ1n) is 6.97. The van der Waals surface area contributed by atoms with Gasteiger partial charge in [-0.3, -0.25) is 14.6 Å². The molecule has 9 heteroatoms. The molecule has 126 valence electrons. The molecule has 2 N–H and O–H groups in total. The van der Waals surface area contributed by atoms with Crippen LogP contribution < -0.4 is 5.73 Å². The van der Waals surface area contributed by atoms with E-state index in [1.54, 1.807) is 6.20 Å². The van der Waals surface area contributed by atoms with E-state index in [0.29, 0.717) is 11.7 Å². The summed E-state index contributed by atoms with van der Waals surface area (Å²) in [6, 6.07) is 0. The van der Waals surface area contributed by atoms with Crippen molar-refractivity contribution < 1.29 is 14.3 Å². The number of ether oxygens (including phenoxy) is 2. The molecule has 0 aromatic carbocycles. The van der Waals surface area contributed by atoms with Crippen molar-refractivity contribution in [1.29, 1.82) is 0 Å². The van der Waals surface area contributed by atoms with Crippen molar-refractivity contribution in [2.75, 3.05) is 58.8 Å². The summed E-state index contributed by atoms with van der Waals surface area (Å²) in [6.07, 6.45) is 1.76. The molecule has 1 aromatic rings. The fourth-order valence-electron chi connectivity index (χ4n) is 2.18. The summed E-state index contributed by atoms with van der Waals surface area (Å²) in [5, 5.41) is 0.552. The van der Waals surface area contributed by atoms with Crippen LogP contribution in [0.15, 0.2) is 6.20 Å². The molecule has 1 aliphatic heterocycles. The van der Waals surface area contributed by atoms with Crippen molar-refractivity contribution in [2.24, 2.45) is 0 Å². The maximum Gasteiger partial charge on any atom is 0.319 e. The van der Waals surface area contributed by atoms with Crippen LogP contribution in [0.2, 0.25) is 0 Å². The Kier molecular flexibility index (Phi) is 8.66. The van der Waals surface area contributed by atoms with E-state index in [0.717, 1.165) is 44.3 Å². The Hall–Kier alpha value is -0.930. The molecular weight excluding hydrogens is 328 g/mol. The molecule has 1 saturated heterocycles. The number of esters is 1. The van der Waals surface area contributed by atoms with Crippen LogP contribution in [0.1, 0.15) is 4.88 Å². The number of carbonyl (C=O) groups excluding carboxylic acids is 1. The van der Waals surface area contributed by atoms with Crippen LogP contribution in [0.3, 0.4) is 0 Å². The normalized spacial score (nSPS) is 15.5. The second kappa shape index (κ2) is 9.96. The zero-order valence-electron chi connectivity index (χ0n) is 12.7. The lowest BCUT2D eigenvalue weighted by Gasteiger charge is -2.29. The summed E-state index contributed by atoms with van der Waals surface area (Å²) in [5.74, 6) is -0.227. The topological polar surface area (TPSA) is 80.9 Å². The molecule has 7 nitrogen and oxygen atoms in total. The molecule has 2 heterocycles. The number of nitrogen functional groups attached to an aromatic ring is 1. The highest BCUT2D eigenvalue weighted by molar-refractivity contribution is 7.15. The second-order valence-corrected chi connectivity index (χ2v) is 6.05. The maximum absolute atomic E-state index is 11.5. The molecule has 0 amide bonds. The first-order chi connectivity index (χ1) is 10.2. The van der Waals surface area contributed by atoms with Gasteiger partial charge in [0.05, 0.1) is 26.9 Å². The Balaban J connectivity index is 0.00000242. The predicted molar refractivity (Wildman–Crippen MR) is 88.3 cm³/mol. The number of nitrogens with two attached hydrogens (primary N) is 1. The van der Waals surface area contributed by atoms with Crippen LogP contribution in [-0.4, -0.2) is 73.8 Å². The van der Waals surface area contributed by atoms with Gasteiger partial charge in [-0.05, 0) is 0 Å². The average molecular weight is 351 g/mol. The van der Waals surface area contributed by atoms with E-state index in [1.807, 2.05) is 0 Å². The van der Waals surface area contributed by atoms with E-state index < -0.39 is 0 Å². The molecule has 1 aliphatic rings. The fourth-order valence-corrected chi connectivity index (χ4v) is 2.91. The van der Waals surface area contributed by atoms with Crippen molar-refractivity contribution in [2.45, 2.75) is 6.54 Å². The molecule has 0 radical (unpaired) electrons. The molecule has 0 spiro atoms. The molecule has 0 aliphatic carbocycles. The number of hydrogen-bond acceptors (Lipinski definition) is 8. The largest absolute Gasteiger partial charge is 0.468 e. The fraction of sp³-hybridized carbons (Fsp3) is 0.692. The minimum Gasteiger partial charge on any atom is -0.468 e. The number of halogens is 1. The van der Waals surface area contributed by atoms with Crippen LogP contribution in [0, 0.1) is 0 Å². The highest BCUT2D eigenvalue weighted by atomic mass is 35.5. The van der Waals surface area contributed by atoms with Crippen LogP contribution in [0.4, 0.5) is 5.13 Å². The number of anilines is 1. The highest BCUT2D eigenvalue weighted by Crippen LogP contribution is 2.16. The lowest BCUT2D eigenvalue weighted by atomic mass is 10.3. The number of rotatable bonds is 7. The molecule has 0 bridgehead atoms. The predicted octanol–water partition coefficient (Wildman–Crippen LogP) is 0.454. The number of nitrogens with zero attached hydrogens (tertiary/aromatic N) is 3. The van der Waals surface area contributed by atoms with E-state index in [9.17, 15) is 4.79 Å². The number of aromatic nitrogens is 1. The zero-order valence-corrected chi connectivity index (χ0v) is 14.3. The molecule has 2 rings (SSSR count). The lowest BCUT2D eigenvalue weighted by molar-refractivity contribution is -0.142. The number of hydrogen-bond donors (Lipinski definition) is 1. The first kappa shape index (κ1) is 19.1. The zero-order chi connectivity index (χ0) is 15.1. The summed E-state index contributed by atoms with van der Waals surface area (Å²) in [5.41, 5.74) is 5.65. The Bertz CT molecular complexity index is 454. The van der Waals surface area contributed by atoms with Gasteiger partial charge in [0.25, 0.3) is 0 Å². The van der Waals surface area contributed by atoms with Gasteiger partial charge < -0.3 is 15.2 Å². The number of methoxy groups -OCH3 is 1. The van der Waals surface area contributed by atoms with Crippen molar-refractivity contribution in [1.82, 2.24) is 14.8 Å². The summed E-state index contributed by atoms with van der Waals surface area (Å²) in [4.78, 5) is 21.0. The quantitative estimate of drug-likeness (QED) is 0.715. The Morgan fingerprint density at radius 1 is 1.55 bits per heavy atom. The molecule has 0 unspecified atom stereocenters. The number of thiazole rings is 1. The van der Waals surface area contributed by atoms with Gasteiger partial charge in [0.15, 0.2) is 5.13 Å². The van der Waals surface area contributed by atoms with Crippen molar-refractivity contribution in [3.05, 3.63) is 11.1 Å². The SMILES string of the molecule is COC(=O)CN(CCN1CCOCC1)Cc1cnc(N)s1.Cl. The third kappa shape index (κ3) is 6.45. The lowest BCUT2D eigenvalue weighted by Crippen LogP contribution is -2.42. The van der Waals surface area contributed by atoms with Gasteiger partial charge in [-0.25, -0.2) is 4.98 Å². The van der Waals surface area contributed by atoms with Gasteiger partial charge >= 0.3 is 5.97 Å². The monoisotopic (exact) mass is 350 g/mol. The van der Waals surface area contributed by atoms with Crippen molar-refractivity contribution in [3.63, 3.8) is 0 Å². The van der Waals surface area contributed by atoms with Gasteiger partial charge in [-0.1, -0.05) is 0 Å². The van der Waals surface area contributed by atoms with E-state index in [-0.39, 0.29) is 24.9 Å². The van der Waals surface area contributed by atoms with E-state index in [1.165, 1.54) is 18.4 Å². The Labute approximate surface area is 140 Å². The van der Waals surface area contributed by atoms with Crippen LogP contribution in [-0.2, 0) is 20.8 Å². The minimum atomic E-state index is -0.227. The van der Waals surface area contributed by atoms with Crippen LogP contribution in [0.5, 0.6) is 0 Å². The second-order valence-electron chi connectivity index (χ2n) is 4.91. The number of carbonyl (C=O) groups is 1. The van der Waals surface area contributed by atoms with Crippen molar-refractivity contribution >= 4 is 34.8 Å². The van der Waals surface area contributed by atoms with Crippen LogP contribution in [0.25, 0.3) is 0 Å². The maximum atomic E-state index is 11.5. The van der Waals surface area contributed by atoms with Gasteiger partial charge in [0, 0.05) is 43.8 Å².